The van der Waals surface area contributed by atoms with E-state index in [0.717, 1.165) is 22.1 Å². The van der Waals surface area contributed by atoms with Crippen LogP contribution in [0.4, 0.5) is 0 Å². The van der Waals surface area contributed by atoms with Crippen LogP contribution in [-0.4, -0.2) is 40.0 Å². The van der Waals surface area contributed by atoms with Crippen LogP contribution in [0.1, 0.15) is 29.5 Å². The average Bonchev–Trinajstić information content (AvgIpc) is 2.75. The molecule has 0 aliphatic carbocycles. The van der Waals surface area contributed by atoms with Gasteiger partial charge in [-0.1, -0.05) is 67.1 Å². The number of amides is 1. The van der Waals surface area contributed by atoms with E-state index in [0.29, 0.717) is 6.54 Å². The Kier molecular flexibility index (Phi) is 8.76. The summed E-state index contributed by atoms with van der Waals surface area (Å²) < 4.78 is 30.8. The summed E-state index contributed by atoms with van der Waals surface area (Å²) in [7, 11) is -3.81. The van der Waals surface area contributed by atoms with E-state index >= 15 is 0 Å². The van der Waals surface area contributed by atoms with Crippen LogP contribution in [0.15, 0.2) is 60.0 Å². The molecule has 0 aliphatic heterocycles. The smallest absolute Gasteiger partial charge is 0.321 e. The maximum absolute atomic E-state index is 11.9. The molecule has 0 unspecified atom stereocenters. The average molecular weight is 431 g/mol. The van der Waals surface area contributed by atoms with Crippen LogP contribution >= 0.6 is 0 Å². The second-order valence-electron chi connectivity index (χ2n) is 6.86. The molecule has 1 amide bonds. The van der Waals surface area contributed by atoms with Gasteiger partial charge in [0.15, 0.2) is 6.61 Å². The number of esters is 1. The first-order valence-corrected chi connectivity index (χ1v) is 11.0. The molecule has 0 bridgehead atoms. The standard InChI is InChI=1S/C22H26N2O5S/c1-17-8-10-19(11-9-17)12-13-30(27,28)24-15-22(26)29-16-21(25)23-14-18(2)20-6-4-3-5-7-20/h3-13,18,24H,14-16H2,1-2H3,(H,23,25)/b13-12+/t18-/m1/s1. The van der Waals surface area contributed by atoms with Crippen LogP contribution in [0.5, 0.6) is 0 Å². The molecule has 1 atom stereocenters. The number of carbonyl (C=O) groups is 2. The van der Waals surface area contributed by atoms with E-state index in [4.69, 9.17) is 4.74 Å². The van der Waals surface area contributed by atoms with E-state index < -0.39 is 35.1 Å². The van der Waals surface area contributed by atoms with Gasteiger partial charge in [-0.25, -0.2) is 13.1 Å². The van der Waals surface area contributed by atoms with E-state index in [-0.39, 0.29) is 5.92 Å². The SMILES string of the molecule is Cc1ccc(/C=C/S(=O)(=O)NCC(=O)OCC(=O)NC[C@@H](C)c2ccccc2)cc1. The zero-order valence-corrected chi connectivity index (χ0v) is 17.8. The van der Waals surface area contributed by atoms with Crippen molar-refractivity contribution in [1.82, 2.24) is 10.0 Å². The number of sulfonamides is 1. The quantitative estimate of drug-likeness (QED) is 0.564. The summed E-state index contributed by atoms with van der Waals surface area (Å²) in [5.41, 5.74) is 2.87. The third-order valence-corrected chi connectivity index (χ3v) is 5.31. The molecule has 7 nitrogen and oxygen atoms in total. The molecule has 2 aromatic carbocycles. The van der Waals surface area contributed by atoms with Crippen molar-refractivity contribution in [2.24, 2.45) is 0 Å². The summed E-state index contributed by atoms with van der Waals surface area (Å²) in [6.45, 7) is 3.27. The topological polar surface area (TPSA) is 102 Å². The Labute approximate surface area is 177 Å². The Balaban J connectivity index is 1.69. The Hall–Kier alpha value is -2.97. The van der Waals surface area contributed by atoms with Gasteiger partial charge in [-0.15, -0.1) is 0 Å². The summed E-state index contributed by atoms with van der Waals surface area (Å²) in [5, 5.41) is 3.66. The Morgan fingerprint density at radius 1 is 1.07 bits per heavy atom. The zero-order valence-electron chi connectivity index (χ0n) is 17.0. The number of nitrogens with one attached hydrogen (secondary N) is 2. The van der Waals surface area contributed by atoms with Crippen molar-refractivity contribution in [1.29, 1.82) is 0 Å². The van der Waals surface area contributed by atoms with Gasteiger partial charge in [0.25, 0.3) is 5.91 Å². The molecule has 2 rings (SSSR count). The molecule has 0 spiro atoms. The molecular formula is C22H26N2O5S. The zero-order chi connectivity index (χ0) is 22.0. The second-order valence-corrected chi connectivity index (χ2v) is 8.51. The Morgan fingerprint density at radius 3 is 2.40 bits per heavy atom. The summed E-state index contributed by atoms with van der Waals surface area (Å²) in [6.07, 6.45) is 1.43. The lowest BCUT2D eigenvalue weighted by Gasteiger charge is -2.13. The summed E-state index contributed by atoms with van der Waals surface area (Å²) >= 11 is 0. The summed E-state index contributed by atoms with van der Waals surface area (Å²) in [4.78, 5) is 23.5. The number of benzene rings is 2. The number of ether oxygens (including phenoxy) is 1. The van der Waals surface area contributed by atoms with Gasteiger partial charge in [-0.3, -0.25) is 9.59 Å². The first kappa shape index (κ1) is 23.3. The fourth-order valence-corrected chi connectivity index (χ4v) is 3.22. The molecule has 30 heavy (non-hydrogen) atoms. The van der Waals surface area contributed by atoms with E-state index in [1.54, 1.807) is 12.1 Å². The van der Waals surface area contributed by atoms with Gasteiger partial charge >= 0.3 is 5.97 Å². The fraction of sp³-hybridized carbons (Fsp3) is 0.273. The monoisotopic (exact) mass is 430 g/mol. The minimum atomic E-state index is -3.81. The van der Waals surface area contributed by atoms with Gasteiger partial charge < -0.3 is 10.1 Å². The molecule has 0 aliphatic rings. The summed E-state index contributed by atoms with van der Waals surface area (Å²) in [5.74, 6) is -1.18. The maximum Gasteiger partial charge on any atom is 0.321 e. The van der Waals surface area contributed by atoms with Crippen LogP contribution in [-0.2, 0) is 24.3 Å². The van der Waals surface area contributed by atoms with Gasteiger partial charge in [-0.05, 0) is 30.0 Å². The van der Waals surface area contributed by atoms with Crippen molar-refractivity contribution >= 4 is 28.0 Å². The second kappa shape index (κ2) is 11.3. The molecule has 0 radical (unpaired) electrons. The van der Waals surface area contributed by atoms with Crippen LogP contribution in [0.3, 0.4) is 0 Å². The van der Waals surface area contributed by atoms with E-state index in [2.05, 4.69) is 10.0 Å². The van der Waals surface area contributed by atoms with E-state index in [9.17, 15) is 18.0 Å². The highest BCUT2D eigenvalue weighted by Gasteiger charge is 2.13. The number of aryl methyl sites for hydroxylation is 1. The molecule has 0 heterocycles. The molecule has 0 aromatic heterocycles. The molecule has 160 valence electrons. The number of rotatable bonds is 10. The number of hydrogen-bond acceptors (Lipinski definition) is 5. The van der Waals surface area contributed by atoms with Crippen LogP contribution in [0.2, 0.25) is 0 Å². The van der Waals surface area contributed by atoms with Crippen LogP contribution in [0.25, 0.3) is 6.08 Å². The van der Waals surface area contributed by atoms with Crippen molar-refractivity contribution in [2.45, 2.75) is 19.8 Å². The Morgan fingerprint density at radius 2 is 1.73 bits per heavy atom. The normalized spacial score (nSPS) is 12.5. The third kappa shape index (κ3) is 8.59. The highest BCUT2D eigenvalue weighted by molar-refractivity contribution is 7.92. The molecule has 0 saturated heterocycles. The van der Waals surface area contributed by atoms with Gasteiger partial charge in [-0.2, -0.15) is 0 Å². The third-order valence-electron chi connectivity index (χ3n) is 4.27. The van der Waals surface area contributed by atoms with Crippen LogP contribution < -0.4 is 10.0 Å². The lowest BCUT2D eigenvalue weighted by molar-refractivity contribution is -0.147. The largest absolute Gasteiger partial charge is 0.455 e. The van der Waals surface area contributed by atoms with Gasteiger partial charge in [0.05, 0.1) is 0 Å². The summed E-state index contributed by atoms with van der Waals surface area (Å²) in [6, 6.07) is 17.0. The van der Waals surface area contributed by atoms with Gasteiger partial charge in [0, 0.05) is 12.0 Å². The first-order chi connectivity index (χ1) is 14.2. The highest BCUT2D eigenvalue weighted by Crippen LogP contribution is 2.12. The predicted molar refractivity (Wildman–Crippen MR) is 116 cm³/mol. The van der Waals surface area contributed by atoms with Gasteiger partial charge in [0.1, 0.15) is 6.54 Å². The maximum atomic E-state index is 11.9. The molecule has 2 N–H and O–H groups in total. The molecular weight excluding hydrogens is 404 g/mol. The fourth-order valence-electron chi connectivity index (χ4n) is 2.47. The molecule has 2 aromatic rings. The Bertz CT molecular complexity index is 970. The highest BCUT2D eigenvalue weighted by atomic mass is 32.2. The minimum Gasteiger partial charge on any atom is -0.455 e. The van der Waals surface area contributed by atoms with Crippen molar-refractivity contribution in [2.75, 3.05) is 19.7 Å². The lowest BCUT2D eigenvalue weighted by atomic mass is 10.0. The number of carbonyl (C=O) groups excluding carboxylic acids is 2. The van der Waals surface area contributed by atoms with Crippen molar-refractivity contribution < 1.29 is 22.7 Å². The van der Waals surface area contributed by atoms with E-state index in [1.807, 2.05) is 56.3 Å². The predicted octanol–water partition coefficient (Wildman–Crippen LogP) is 2.35. The first-order valence-electron chi connectivity index (χ1n) is 9.47. The lowest BCUT2D eigenvalue weighted by Crippen LogP contribution is -2.34. The molecule has 0 fully saturated rings. The van der Waals surface area contributed by atoms with E-state index in [1.165, 1.54) is 6.08 Å². The minimum absolute atomic E-state index is 0.109. The molecule has 8 heteroatoms. The van der Waals surface area contributed by atoms with Crippen molar-refractivity contribution in [3.8, 4) is 0 Å². The van der Waals surface area contributed by atoms with Crippen LogP contribution in [0, 0.1) is 6.92 Å². The number of hydrogen-bond donors (Lipinski definition) is 2. The van der Waals surface area contributed by atoms with Crippen molar-refractivity contribution in [3.05, 3.63) is 76.7 Å². The van der Waals surface area contributed by atoms with Gasteiger partial charge in [0.2, 0.25) is 10.0 Å². The van der Waals surface area contributed by atoms with Crippen molar-refractivity contribution in [3.63, 3.8) is 0 Å². The molecule has 0 saturated carbocycles.